The highest BCUT2D eigenvalue weighted by atomic mass is 35.5. The van der Waals surface area contributed by atoms with Gasteiger partial charge < -0.3 is 9.80 Å². The molecule has 0 N–H and O–H groups in total. The molecule has 0 amide bonds. The molecule has 108 valence electrons. The Morgan fingerprint density at radius 1 is 1.05 bits per heavy atom. The summed E-state index contributed by atoms with van der Waals surface area (Å²) in [5, 5.41) is 0.252. The molecule has 1 heterocycles. The van der Waals surface area contributed by atoms with E-state index in [1.807, 2.05) is 7.05 Å². The molecule has 0 fully saturated rings. The number of hydrogen-bond acceptors (Lipinski definition) is 5. The average molecular weight is 286 g/mol. The summed E-state index contributed by atoms with van der Waals surface area (Å²) in [7, 11) is 2.00. The number of hydrogen-bond donors (Lipinski definition) is 0. The Kier molecular flexibility index (Phi) is 6.28. The first-order chi connectivity index (χ1) is 9.03. The van der Waals surface area contributed by atoms with Gasteiger partial charge in [-0.15, -0.1) is 0 Å². The van der Waals surface area contributed by atoms with Gasteiger partial charge in [0.1, 0.15) is 0 Å². The molecule has 0 saturated heterocycles. The largest absolute Gasteiger partial charge is 0.341 e. The highest BCUT2D eigenvalue weighted by Gasteiger charge is 2.16. The van der Waals surface area contributed by atoms with E-state index in [-0.39, 0.29) is 5.28 Å². The zero-order valence-electron chi connectivity index (χ0n) is 12.5. The van der Waals surface area contributed by atoms with Crippen LogP contribution < -0.4 is 9.80 Å². The van der Waals surface area contributed by atoms with Crippen molar-refractivity contribution >= 4 is 23.5 Å². The van der Waals surface area contributed by atoms with Crippen LogP contribution in [-0.4, -0.2) is 41.1 Å². The molecule has 0 aliphatic carbocycles. The highest BCUT2D eigenvalue weighted by Crippen LogP contribution is 2.18. The van der Waals surface area contributed by atoms with E-state index in [1.165, 1.54) is 0 Å². The number of nitrogens with zero attached hydrogens (tertiary/aromatic N) is 5. The van der Waals surface area contributed by atoms with E-state index in [2.05, 4.69) is 52.4 Å². The van der Waals surface area contributed by atoms with Gasteiger partial charge in [-0.3, -0.25) is 0 Å². The van der Waals surface area contributed by atoms with Crippen LogP contribution in [0.5, 0.6) is 0 Å². The van der Waals surface area contributed by atoms with Gasteiger partial charge in [0.2, 0.25) is 17.2 Å². The van der Waals surface area contributed by atoms with Crippen LogP contribution in [0.15, 0.2) is 0 Å². The van der Waals surface area contributed by atoms with E-state index in [1.54, 1.807) is 0 Å². The summed E-state index contributed by atoms with van der Waals surface area (Å²) >= 11 is 6.02. The molecule has 1 rings (SSSR count). The Labute approximate surface area is 121 Å². The van der Waals surface area contributed by atoms with E-state index in [9.17, 15) is 0 Å². The summed E-state index contributed by atoms with van der Waals surface area (Å²) in [4.78, 5) is 17.1. The average Bonchev–Trinajstić information content (AvgIpc) is 2.39. The first-order valence-electron chi connectivity index (χ1n) is 6.92. The van der Waals surface area contributed by atoms with Crippen molar-refractivity contribution in [2.24, 2.45) is 0 Å². The third-order valence-corrected chi connectivity index (χ3v) is 3.48. The van der Waals surface area contributed by atoms with Crippen LogP contribution >= 0.6 is 11.6 Å². The van der Waals surface area contributed by atoms with Crippen LogP contribution in [0, 0.1) is 0 Å². The maximum atomic E-state index is 6.02. The lowest BCUT2D eigenvalue weighted by atomic mass is 10.2. The van der Waals surface area contributed by atoms with Crippen LogP contribution in [-0.2, 0) is 0 Å². The smallest absolute Gasteiger partial charge is 0.231 e. The summed E-state index contributed by atoms with van der Waals surface area (Å²) in [6.07, 6.45) is 2.23. The monoisotopic (exact) mass is 285 g/mol. The second kappa shape index (κ2) is 7.48. The molecule has 0 aliphatic rings. The molecule has 0 radical (unpaired) electrons. The molecule has 19 heavy (non-hydrogen) atoms. The van der Waals surface area contributed by atoms with Gasteiger partial charge in [-0.1, -0.05) is 13.3 Å². The summed E-state index contributed by atoms with van der Waals surface area (Å²) < 4.78 is 0. The Balaban J connectivity index is 3.01. The SMILES string of the molecule is CCCC(C)N(C)c1nc(Cl)nc(N(CC)CC)n1. The van der Waals surface area contributed by atoms with E-state index in [4.69, 9.17) is 11.6 Å². The molecule has 1 unspecified atom stereocenters. The van der Waals surface area contributed by atoms with Gasteiger partial charge in [0.25, 0.3) is 0 Å². The molecule has 0 saturated carbocycles. The van der Waals surface area contributed by atoms with Gasteiger partial charge in [0, 0.05) is 26.2 Å². The van der Waals surface area contributed by atoms with Crippen LogP contribution in [0.1, 0.15) is 40.5 Å². The lowest BCUT2D eigenvalue weighted by Gasteiger charge is -2.26. The second-order valence-electron chi connectivity index (χ2n) is 4.63. The van der Waals surface area contributed by atoms with Crippen LogP contribution in [0.4, 0.5) is 11.9 Å². The normalized spacial score (nSPS) is 12.3. The van der Waals surface area contributed by atoms with Crippen molar-refractivity contribution in [2.45, 2.75) is 46.6 Å². The Hall–Kier alpha value is -1.10. The standard InChI is InChI=1S/C13H24ClN5/c1-6-9-10(4)18(5)12-15-11(14)16-13(17-12)19(7-2)8-3/h10H,6-9H2,1-5H3. The fourth-order valence-corrected chi connectivity index (χ4v) is 2.09. The molecule has 0 spiro atoms. The molecular weight excluding hydrogens is 262 g/mol. The molecule has 1 aromatic rings. The van der Waals surface area contributed by atoms with Crippen molar-refractivity contribution in [1.29, 1.82) is 0 Å². The van der Waals surface area contributed by atoms with Crippen molar-refractivity contribution < 1.29 is 0 Å². The van der Waals surface area contributed by atoms with Crippen molar-refractivity contribution in [3.05, 3.63) is 5.28 Å². The minimum Gasteiger partial charge on any atom is -0.341 e. The molecule has 1 atom stereocenters. The molecular formula is C13H24ClN5. The lowest BCUT2D eigenvalue weighted by Crippen LogP contribution is -2.32. The third-order valence-electron chi connectivity index (χ3n) is 3.31. The topological polar surface area (TPSA) is 45.2 Å². The summed E-state index contributed by atoms with van der Waals surface area (Å²) in [6, 6.07) is 0.382. The van der Waals surface area contributed by atoms with Crippen molar-refractivity contribution in [3.8, 4) is 0 Å². The molecule has 6 heteroatoms. The summed E-state index contributed by atoms with van der Waals surface area (Å²) in [5.41, 5.74) is 0. The quantitative estimate of drug-likeness (QED) is 0.771. The zero-order chi connectivity index (χ0) is 14.4. The van der Waals surface area contributed by atoms with Crippen LogP contribution in [0.3, 0.4) is 0 Å². The maximum absolute atomic E-state index is 6.02. The predicted octanol–water partition coefficient (Wildman–Crippen LogP) is 3.00. The van der Waals surface area contributed by atoms with Crippen molar-refractivity contribution in [2.75, 3.05) is 29.9 Å². The van der Waals surface area contributed by atoms with Gasteiger partial charge in [0.15, 0.2) is 0 Å². The van der Waals surface area contributed by atoms with Gasteiger partial charge in [-0.25, -0.2) is 0 Å². The van der Waals surface area contributed by atoms with E-state index < -0.39 is 0 Å². The van der Waals surface area contributed by atoms with Crippen molar-refractivity contribution in [3.63, 3.8) is 0 Å². The minimum atomic E-state index is 0.252. The van der Waals surface area contributed by atoms with E-state index in [0.29, 0.717) is 17.9 Å². The Morgan fingerprint density at radius 2 is 1.63 bits per heavy atom. The minimum absolute atomic E-state index is 0.252. The number of anilines is 2. The maximum Gasteiger partial charge on any atom is 0.231 e. The van der Waals surface area contributed by atoms with E-state index in [0.717, 1.165) is 25.9 Å². The highest BCUT2D eigenvalue weighted by molar-refractivity contribution is 6.28. The van der Waals surface area contributed by atoms with Gasteiger partial charge >= 0.3 is 0 Å². The van der Waals surface area contributed by atoms with Crippen molar-refractivity contribution in [1.82, 2.24) is 15.0 Å². The Morgan fingerprint density at radius 3 is 2.16 bits per heavy atom. The van der Waals surface area contributed by atoms with Gasteiger partial charge in [0.05, 0.1) is 0 Å². The second-order valence-corrected chi connectivity index (χ2v) is 4.96. The number of rotatable bonds is 7. The molecule has 5 nitrogen and oxygen atoms in total. The third kappa shape index (κ3) is 4.20. The lowest BCUT2D eigenvalue weighted by molar-refractivity contribution is 0.603. The molecule has 0 aromatic carbocycles. The van der Waals surface area contributed by atoms with E-state index >= 15 is 0 Å². The fourth-order valence-electron chi connectivity index (χ4n) is 1.94. The zero-order valence-corrected chi connectivity index (χ0v) is 13.3. The van der Waals surface area contributed by atoms with Crippen LogP contribution in [0.25, 0.3) is 0 Å². The summed E-state index contributed by atoms with van der Waals surface area (Å²) in [6.45, 7) is 10.2. The summed E-state index contributed by atoms with van der Waals surface area (Å²) in [5.74, 6) is 1.29. The molecule has 1 aromatic heterocycles. The first kappa shape index (κ1) is 16.0. The fraction of sp³-hybridized carbons (Fsp3) is 0.769. The van der Waals surface area contributed by atoms with Gasteiger partial charge in [-0.05, 0) is 38.8 Å². The molecule has 0 bridgehead atoms. The Bertz CT molecular complexity index is 395. The molecule has 0 aliphatic heterocycles. The number of aromatic nitrogens is 3. The number of halogens is 1. The van der Waals surface area contributed by atoms with Gasteiger partial charge in [-0.2, -0.15) is 15.0 Å². The first-order valence-corrected chi connectivity index (χ1v) is 7.30. The predicted molar refractivity (Wildman–Crippen MR) is 81.2 cm³/mol. The van der Waals surface area contributed by atoms with Crippen LogP contribution in [0.2, 0.25) is 5.28 Å².